The molecular formula is C16H18ClN7O3. The minimum atomic E-state index is -0.121. The normalized spacial score (nSPS) is 17.0. The number of H-pyrrole nitrogens is 1. The summed E-state index contributed by atoms with van der Waals surface area (Å²) >= 11 is 5.79. The third-order valence-electron chi connectivity index (χ3n) is 4.61. The molecule has 0 unspecified atom stereocenters. The standard InChI is InChI=1S/C16H18ClN7O3/c17-10-5-11(26)8(4-12(10)27)6-18-14-13-15(22-23-21-13)20-16(19-14)24-3-1-2-9(24)7-25/h4-5,9,25-27H,1-3,6-7H2,(H2,18,19,20,21,22,23)/t9-/m1/s1. The second kappa shape index (κ2) is 7.05. The Balaban J connectivity index is 1.65. The summed E-state index contributed by atoms with van der Waals surface area (Å²) in [6.45, 7) is 0.958. The first-order valence-electron chi connectivity index (χ1n) is 8.47. The van der Waals surface area contributed by atoms with Crippen molar-refractivity contribution in [2.75, 3.05) is 23.4 Å². The van der Waals surface area contributed by atoms with Crippen molar-refractivity contribution in [3.8, 4) is 11.5 Å². The molecule has 1 saturated heterocycles. The molecule has 5 N–H and O–H groups in total. The number of hydrogen-bond donors (Lipinski definition) is 5. The number of nitrogens with zero attached hydrogens (tertiary/aromatic N) is 5. The van der Waals surface area contributed by atoms with Crippen molar-refractivity contribution in [2.45, 2.75) is 25.4 Å². The van der Waals surface area contributed by atoms with Crippen LogP contribution in [0.2, 0.25) is 5.02 Å². The van der Waals surface area contributed by atoms with Gasteiger partial charge in [0.05, 0.1) is 17.7 Å². The monoisotopic (exact) mass is 391 g/mol. The quantitative estimate of drug-likeness (QED) is 0.407. The first-order chi connectivity index (χ1) is 13.1. The molecule has 0 saturated carbocycles. The minimum Gasteiger partial charge on any atom is -0.508 e. The van der Waals surface area contributed by atoms with Crippen LogP contribution in [0, 0.1) is 0 Å². The van der Waals surface area contributed by atoms with Crippen LogP contribution in [0.25, 0.3) is 11.2 Å². The highest BCUT2D eigenvalue weighted by Gasteiger charge is 2.27. The molecule has 0 spiro atoms. The highest BCUT2D eigenvalue weighted by Crippen LogP contribution is 2.32. The minimum absolute atomic E-state index is 0.0283. The maximum absolute atomic E-state index is 10.0. The number of phenols is 2. The summed E-state index contributed by atoms with van der Waals surface area (Å²) < 4.78 is 0. The molecule has 3 heterocycles. The third kappa shape index (κ3) is 3.28. The fraction of sp³-hybridized carbons (Fsp3) is 0.375. The van der Waals surface area contributed by atoms with Gasteiger partial charge in [0.2, 0.25) is 11.6 Å². The van der Waals surface area contributed by atoms with Crippen molar-refractivity contribution >= 4 is 34.5 Å². The lowest BCUT2D eigenvalue weighted by molar-refractivity contribution is 0.265. The summed E-state index contributed by atoms with van der Waals surface area (Å²) in [6, 6.07) is 2.63. The molecule has 10 nitrogen and oxygen atoms in total. The van der Waals surface area contributed by atoms with E-state index in [0.29, 0.717) is 28.5 Å². The van der Waals surface area contributed by atoms with Gasteiger partial charge in [0.1, 0.15) is 11.5 Å². The number of hydrogen-bond acceptors (Lipinski definition) is 9. The Labute approximate surface area is 158 Å². The van der Waals surface area contributed by atoms with Gasteiger partial charge < -0.3 is 25.5 Å². The van der Waals surface area contributed by atoms with Crippen molar-refractivity contribution in [1.29, 1.82) is 0 Å². The van der Waals surface area contributed by atoms with Crippen molar-refractivity contribution in [3.05, 3.63) is 22.7 Å². The molecular weight excluding hydrogens is 374 g/mol. The van der Waals surface area contributed by atoms with Crippen LogP contribution in [0.15, 0.2) is 12.1 Å². The van der Waals surface area contributed by atoms with Gasteiger partial charge in [-0.2, -0.15) is 20.3 Å². The predicted octanol–water partition coefficient (Wildman–Crippen LogP) is 1.39. The molecule has 0 aliphatic carbocycles. The van der Waals surface area contributed by atoms with E-state index in [9.17, 15) is 15.3 Å². The van der Waals surface area contributed by atoms with Gasteiger partial charge in [-0.1, -0.05) is 11.6 Å². The lowest BCUT2D eigenvalue weighted by Crippen LogP contribution is -2.33. The summed E-state index contributed by atoms with van der Waals surface area (Å²) in [7, 11) is 0. The first kappa shape index (κ1) is 17.6. The third-order valence-corrected chi connectivity index (χ3v) is 4.91. The van der Waals surface area contributed by atoms with E-state index in [4.69, 9.17) is 11.6 Å². The summed E-state index contributed by atoms with van der Waals surface area (Å²) in [5, 5.41) is 43.1. The number of aliphatic hydroxyl groups excluding tert-OH is 1. The number of aromatic nitrogens is 5. The van der Waals surface area contributed by atoms with E-state index in [0.717, 1.165) is 19.4 Å². The molecule has 142 valence electrons. The van der Waals surface area contributed by atoms with Crippen molar-refractivity contribution < 1.29 is 15.3 Å². The number of rotatable bonds is 5. The molecule has 0 bridgehead atoms. The van der Waals surface area contributed by atoms with Crippen LogP contribution in [-0.4, -0.2) is 59.9 Å². The molecule has 3 aromatic rings. The van der Waals surface area contributed by atoms with E-state index in [1.54, 1.807) is 0 Å². The van der Waals surface area contributed by atoms with Gasteiger partial charge in [-0.3, -0.25) is 0 Å². The number of aromatic hydroxyl groups is 2. The average molecular weight is 392 g/mol. The van der Waals surface area contributed by atoms with E-state index >= 15 is 0 Å². The van der Waals surface area contributed by atoms with Gasteiger partial charge in [-0.25, -0.2) is 0 Å². The van der Waals surface area contributed by atoms with E-state index in [1.807, 2.05) is 4.90 Å². The van der Waals surface area contributed by atoms with Crippen LogP contribution in [0.5, 0.6) is 11.5 Å². The van der Waals surface area contributed by atoms with E-state index < -0.39 is 0 Å². The van der Waals surface area contributed by atoms with Gasteiger partial charge >= 0.3 is 0 Å². The van der Waals surface area contributed by atoms with Gasteiger partial charge in [0.15, 0.2) is 11.3 Å². The Morgan fingerprint density at radius 2 is 2.07 bits per heavy atom. The smallest absolute Gasteiger partial charge is 0.229 e. The zero-order valence-electron chi connectivity index (χ0n) is 14.2. The number of aromatic amines is 1. The second-order valence-corrected chi connectivity index (χ2v) is 6.73. The molecule has 1 aliphatic heterocycles. The highest BCUT2D eigenvalue weighted by molar-refractivity contribution is 6.32. The Bertz CT molecular complexity index is 980. The number of benzene rings is 1. The van der Waals surface area contributed by atoms with Crippen LogP contribution in [0.3, 0.4) is 0 Å². The number of fused-ring (bicyclic) bond motifs is 1. The Hall–Kier alpha value is -2.85. The fourth-order valence-corrected chi connectivity index (χ4v) is 3.35. The predicted molar refractivity (Wildman–Crippen MR) is 99.0 cm³/mol. The van der Waals surface area contributed by atoms with Gasteiger partial charge in [-0.15, -0.1) is 5.10 Å². The van der Waals surface area contributed by atoms with Crippen molar-refractivity contribution in [2.24, 2.45) is 0 Å². The Kier molecular flexibility index (Phi) is 4.58. The van der Waals surface area contributed by atoms with E-state index in [1.165, 1.54) is 12.1 Å². The molecule has 11 heteroatoms. The summed E-state index contributed by atoms with van der Waals surface area (Å²) in [6.07, 6.45) is 1.82. The topological polar surface area (TPSA) is 143 Å². The maximum Gasteiger partial charge on any atom is 0.229 e. The van der Waals surface area contributed by atoms with Crippen molar-refractivity contribution in [1.82, 2.24) is 25.4 Å². The molecule has 1 aliphatic rings. The van der Waals surface area contributed by atoms with Gasteiger partial charge in [0, 0.05) is 24.7 Å². The zero-order chi connectivity index (χ0) is 19.0. The zero-order valence-corrected chi connectivity index (χ0v) is 15.0. The molecule has 4 rings (SSSR count). The van der Waals surface area contributed by atoms with Crippen LogP contribution in [0.1, 0.15) is 18.4 Å². The molecule has 1 fully saturated rings. The van der Waals surface area contributed by atoms with Crippen LogP contribution in [0.4, 0.5) is 11.8 Å². The maximum atomic E-state index is 10.0. The molecule has 0 radical (unpaired) electrons. The second-order valence-electron chi connectivity index (χ2n) is 6.33. The van der Waals surface area contributed by atoms with Gasteiger partial charge in [-0.05, 0) is 18.9 Å². The summed E-state index contributed by atoms with van der Waals surface area (Å²) in [5.41, 5.74) is 1.30. The SMILES string of the molecule is OC[C@H]1CCCN1c1nc(NCc2cc(O)c(Cl)cc2O)c2n[nH]nc2n1. The van der Waals surface area contributed by atoms with Gasteiger partial charge in [0.25, 0.3) is 0 Å². The van der Waals surface area contributed by atoms with Crippen LogP contribution in [-0.2, 0) is 6.54 Å². The number of phenolic OH excluding ortho intramolecular Hbond substituents is 2. The first-order valence-corrected chi connectivity index (χ1v) is 8.85. The molecule has 2 aromatic heterocycles. The largest absolute Gasteiger partial charge is 0.508 e. The van der Waals surface area contributed by atoms with E-state index in [2.05, 4.69) is 30.7 Å². The van der Waals surface area contributed by atoms with E-state index in [-0.39, 0.29) is 35.7 Å². The van der Waals surface area contributed by atoms with Crippen molar-refractivity contribution in [3.63, 3.8) is 0 Å². The average Bonchev–Trinajstić information content (AvgIpc) is 3.31. The molecule has 1 atom stereocenters. The number of nitrogens with one attached hydrogen (secondary N) is 2. The van der Waals surface area contributed by atoms with Crippen LogP contribution < -0.4 is 10.2 Å². The Morgan fingerprint density at radius 3 is 2.89 bits per heavy atom. The molecule has 1 aromatic carbocycles. The fourth-order valence-electron chi connectivity index (χ4n) is 3.19. The number of anilines is 2. The summed E-state index contributed by atoms with van der Waals surface area (Å²) in [5.74, 6) is 0.722. The number of halogens is 1. The molecule has 0 amide bonds. The Morgan fingerprint density at radius 1 is 1.22 bits per heavy atom. The number of aliphatic hydroxyl groups is 1. The highest BCUT2D eigenvalue weighted by atomic mass is 35.5. The molecule has 27 heavy (non-hydrogen) atoms. The van der Waals surface area contributed by atoms with Crippen LogP contribution >= 0.6 is 11.6 Å². The lowest BCUT2D eigenvalue weighted by Gasteiger charge is -2.23. The lowest BCUT2D eigenvalue weighted by atomic mass is 10.2. The summed E-state index contributed by atoms with van der Waals surface area (Å²) in [4.78, 5) is 10.9.